The van der Waals surface area contributed by atoms with E-state index in [1.54, 1.807) is 10.9 Å². The topological polar surface area (TPSA) is 123 Å². The van der Waals surface area contributed by atoms with Crippen LogP contribution in [0.25, 0.3) is 11.4 Å². The summed E-state index contributed by atoms with van der Waals surface area (Å²) in [6.45, 7) is 2.72. The summed E-state index contributed by atoms with van der Waals surface area (Å²) in [6.07, 6.45) is 6.77. The standard InChI is InChI=1S/C21H24N6O4S/c1-3-19-24-20(25-31-19)14-4-6-17-13(8-14)5-7-18(17)23-21(28)15-9-22-27(10-15)16-11-26(12-16)32(2,29)30/h4,6,8-10,16,18H,3,5,7,11-12H2,1-2H3,(H,23,28)/t18-/m1/s1. The van der Waals surface area contributed by atoms with Gasteiger partial charge in [0.15, 0.2) is 0 Å². The molecule has 1 atom stereocenters. The fourth-order valence-electron chi connectivity index (χ4n) is 4.17. The van der Waals surface area contributed by atoms with Crippen LogP contribution in [-0.2, 0) is 22.9 Å². The molecule has 10 nitrogen and oxygen atoms in total. The van der Waals surface area contributed by atoms with E-state index < -0.39 is 10.0 Å². The van der Waals surface area contributed by atoms with Gasteiger partial charge in [0.25, 0.3) is 5.91 Å². The summed E-state index contributed by atoms with van der Waals surface area (Å²) in [5.41, 5.74) is 3.63. The molecule has 1 aliphatic heterocycles. The van der Waals surface area contributed by atoms with E-state index in [0.717, 1.165) is 24.0 Å². The molecular formula is C21H24N6O4S. The van der Waals surface area contributed by atoms with Crippen LogP contribution in [0.2, 0.25) is 0 Å². The van der Waals surface area contributed by atoms with Crippen molar-refractivity contribution in [2.45, 2.75) is 38.3 Å². The van der Waals surface area contributed by atoms with Gasteiger partial charge in [-0.25, -0.2) is 8.42 Å². The molecule has 1 saturated heterocycles. The fourth-order valence-corrected chi connectivity index (χ4v) is 5.06. The Morgan fingerprint density at radius 1 is 1.31 bits per heavy atom. The Kier molecular flexibility index (Phi) is 5.09. The number of nitrogens with one attached hydrogen (secondary N) is 1. The Balaban J connectivity index is 1.25. The number of aryl methyl sites for hydroxylation is 2. The van der Waals surface area contributed by atoms with E-state index in [4.69, 9.17) is 4.52 Å². The van der Waals surface area contributed by atoms with Crippen molar-refractivity contribution in [2.24, 2.45) is 0 Å². The van der Waals surface area contributed by atoms with E-state index >= 15 is 0 Å². The summed E-state index contributed by atoms with van der Waals surface area (Å²) < 4.78 is 31.3. The van der Waals surface area contributed by atoms with E-state index in [1.165, 1.54) is 22.3 Å². The molecule has 1 N–H and O–H groups in total. The molecule has 0 saturated carbocycles. The zero-order valence-electron chi connectivity index (χ0n) is 17.9. The van der Waals surface area contributed by atoms with Crippen LogP contribution in [0.4, 0.5) is 0 Å². The van der Waals surface area contributed by atoms with Gasteiger partial charge in [-0.15, -0.1) is 0 Å². The molecule has 1 aliphatic carbocycles. The largest absolute Gasteiger partial charge is 0.345 e. The average molecular weight is 457 g/mol. The second-order valence-corrected chi connectivity index (χ2v) is 10.3. The van der Waals surface area contributed by atoms with E-state index in [1.807, 2.05) is 19.1 Å². The van der Waals surface area contributed by atoms with Gasteiger partial charge in [-0.2, -0.15) is 14.4 Å². The van der Waals surface area contributed by atoms with Crippen LogP contribution in [0, 0.1) is 0 Å². The van der Waals surface area contributed by atoms with Crippen LogP contribution >= 0.6 is 0 Å². The maximum atomic E-state index is 12.8. The first-order valence-corrected chi connectivity index (χ1v) is 12.4. The molecule has 2 aromatic heterocycles. The van der Waals surface area contributed by atoms with Crippen LogP contribution < -0.4 is 5.32 Å². The molecule has 11 heteroatoms. The Labute approximate surface area is 185 Å². The number of carbonyl (C=O) groups is 1. The maximum absolute atomic E-state index is 12.8. The highest BCUT2D eigenvalue weighted by Gasteiger charge is 2.35. The number of carbonyl (C=O) groups excluding carboxylic acids is 1. The number of amides is 1. The maximum Gasteiger partial charge on any atom is 0.254 e. The van der Waals surface area contributed by atoms with Crippen LogP contribution in [0.3, 0.4) is 0 Å². The number of rotatable bonds is 6. The Morgan fingerprint density at radius 3 is 2.84 bits per heavy atom. The lowest BCUT2D eigenvalue weighted by Crippen LogP contribution is -2.50. The summed E-state index contributed by atoms with van der Waals surface area (Å²) in [5, 5.41) is 11.4. The van der Waals surface area contributed by atoms with Crippen molar-refractivity contribution in [3.05, 3.63) is 53.2 Å². The zero-order valence-corrected chi connectivity index (χ0v) is 18.7. The van der Waals surface area contributed by atoms with Crippen LogP contribution in [0.15, 0.2) is 35.1 Å². The lowest BCUT2D eigenvalue weighted by Gasteiger charge is -2.36. The van der Waals surface area contributed by atoms with Crippen LogP contribution in [0.5, 0.6) is 0 Å². The van der Waals surface area contributed by atoms with Crippen molar-refractivity contribution in [3.8, 4) is 11.4 Å². The highest BCUT2D eigenvalue weighted by Crippen LogP contribution is 2.34. The third-order valence-electron chi connectivity index (χ3n) is 6.09. The van der Waals surface area contributed by atoms with Crippen LogP contribution in [-0.4, -0.2) is 57.9 Å². The second kappa shape index (κ2) is 7.82. The van der Waals surface area contributed by atoms with Gasteiger partial charge >= 0.3 is 0 Å². The predicted molar refractivity (Wildman–Crippen MR) is 115 cm³/mol. The van der Waals surface area contributed by atoms with Gasteiger partial charge in [-0.05, 0) is 30.0 Å². The predicted octanol–water partition coefficient (Wildman–Crippen LogP) is 1.73. The average Bonchev–Trinajstić information content (AvgIpc) is 3.45. The van der Waals surface area contributed by atoms with Crippen molar-refractivity contribution < 1.29 is 17.7 Å². The molecule has 168 valence electrons. The molecule has 1 fully saturated rings. The quantitative estimate of drug-likeness (QED) is 0.599. The summed E-state index contributed by atoms with van der Waals surface area (Å²) in [5.74, 6) is 0.996. The number of hydrogen-bond acceptors (Lipinski definition) is 7. The SMILES string of the molecule is CCc1nc(-c2ccc3c(c2)CC[C@H]3NC(=O)c2cnn(C3CN(S(C)(=O)=O)C3)c2)no1. The molecule has 2 aliphatic rings. The minimum Gasteiger partial charge on any atom is -0.345 e. The van der Waals surface area contributed by atoms with Crippen molar-refractivity contribution in [3.63, 3.8) is 0 Å². The molecule has 3 heterocycles. The third kappa shape index (κ3) is 3.82. The number of hydrogen-bond donors (Lipinski definition) is 1. The van der Waals surface area contributed by atoms with Crippen molar-refractivity contribution >= 4 is 15.9 Å². The fraction of sp³-hybridized carbons (Fsp3) is 0.429. The van der Waals surface area contributed by atoms with E-state index in [2.05, 4.69) is 26.6 Å². The Hall–Kier alpha value is -3.05. The van der Waals surface area contributed by atoms with E-state index in [0.29, 0.717) is 36.8 Å². The second-order valence-electron chi connectivity index (χ2n) is 8.29. The molecule has 32 heavy (non-hydrogen) atoms. The van der Waals surface area contributed by atoms with Gasteiger partial charge in [-0.3, -0.25) is 9.48 Å². The molecule has 5 rings (SSSR count). The lowest BCUT2D eigenvalue weighted by atomic mass is 10.0. The van der Waals surface area contributed by atoms with Gasteiger partial charge in [-0.1, -0.05) is 24.2 Å². The first-order valence-electron chi connectivity index (χ1n) is 10.6. The number of fused-ring (bicyclic) bond motifs is 1. The lowest BCUT2D eigenvalue weighted by molar-refractivity contribution is 0.0936. The number of sulfonamides is 1. The van der Waals surface area contributed by atoms with Gasteiger partial charge in [0.1, 0.15) is 0 Å². The first-order chi connectivity index (χ1) is 15.3. The van der Waals surface area contributed by atoms with Gasteiger partial charge in [0, 0.05) is 31.3 Å². The van der Waals surface area contributed by atoms with Crippen molar-refractivity contribution in [1.29, 1.82) is 0 Å². The van der Waals surface area contributed by atoms with Crippen molar-refractivity contribution in [2.75, 3.05) is 19.3 Å². The summed E-state index contributed by atoms with van der Waals surface area (Å²) in [6, 6.07) is 5.91. The minimum atomic E-state index is -3.18. The molecule has 0 radical (unpaired) electrons. The molecule has 1 aromatic carbocycles. The normalized spacial score (nSPS) is 19.0. The molecule has 1 amide bonds. The summed E-state index contributed by atoms with van der Waals surface area (Å²) in [7, 11) is -3.18. The monoisotopic (exact) mass is 456 g/mol. The van der Waals surface area contributed by atoms with Crippen LogP contribution in [0.1, 0.15) is 52.8 Å². The highest BCUT2D eigenvalue weighted by molar-refractivity contribution is 7.88. The molecule has 3 aromatic rings. The zero-order chi connectivity index (χ0) is 22.5. The minimum absolute atomic E-state index is 0.0460. The summed E-state index contributed by atoms with van der Waals surface area (Å²) >= 11 is 0. The molecule has 0 unspecified atom stereocenters. The number of aromatic nitrogens is 4. The van der Waals surface area contributed by atoms with Gasteiger partial charge in [0.2, 0.25) is 21.7 Å². The first kappa shape index (κ1) is 20.8. The van der Waals surface area contributed by atoms with Crippen molar-refractivity contribution in [1.82, 2.24) is 29.5 Å². The Bertz CT molecular complexity index is 1270. The smallest absolute Gasteiger partial charge is 0.254 e. The summed E-state index contributed by atoms with van der Waals surface area (Å²) in [4.78, 5) is 17.2. The highest BCUT2D eigenvalue weighted by atomic mass is 32.2. The van der Waals surface area contributed by atoms with Gasteiger partial charge < -0.3 is 9.84 Å². The number of nitrogens with zero attached hydrogens (tertiary/aromatic N) is 5. The van der Waals surface area contributed by atoms with E-state index in [9.17, 15) is 13.2 Å². The molecular weight excluding hydrogens is 432 g/mol. The third-order valence-corrected chi connectivity index (χ3v) is 7.33. The molecule has 0 bridgehead atoms. The van der Waals surface area contributed by atoms with Gasteiger partial charge in [0.05, 0.1) is 30.1 Å². The number of benzene rings is 1. The Morgan fingerprint density at radius 2 is 2.12 bits per heavy atom. The molecule has 0 spiro atoms. The van der Waals surface area contributed by atoms with E-state index in [-0.39, 0.29) is 18.0 Å².